The third kappa shape index (κ3) is 5.14. The van der Waals surface area contributed by atoms with Crippen molar-refractivity contribution in [3.63, 3.8) is 0 Å². The van der Waals surface area contributed by atoms with Crippen molar-refractivity contribution in [2.75, 3.05) is 0 Å². The standard InChI is InChI=1S/C28H32O5/c1-16(2)8-6-9-18(5)13-15-19-24(30)21(14-12-17(3)4)28-23(25(19)31)26(32)20-10-7-11-22(29)27(20)33-28/h7-8,10-13,29-31H,6,9,14-15H2,1-5H3. The fraction of sp³-hybridized carbons (Fsp3) is 0.321. The summed E-state index contributed by atoms with van der Waals surface area (Å²) in [5.74, 6) is -0.544. The van der Waals surface area contributed by atoms with E-state index in [1.807, 2.05) is 32.9 Å². The highest BCUT2D eigenvalue weighted by molar-refractivity contribution is 5.98. The molecule has 2 aromatic carbocycles. The molecule has 0 fully saturated rings. The first kappa shape index (κ1) is 24.2. The summed E-state index contributed by atoms with van der Waals surface area (Å²) < 4.78 is 5.92. The Bertz CT molecular complexity index is 1340. The maximum Gasteiger partial charge on any atom is 0.204 e. The molecule has 0 amide bonds. The van der Waals surface area contributed by atoms with Gasteiger partial charge in [0.2, 0.25) is 5.43 Å². The summed E-state index contributed by atoms with van der Waals surface area (Å²) in [5, 5.41) is 32.6. The van der Waals surface area contributed by atoms with Gasteiger partial charge in [-0.25, -0.2) is 0 Å². The van der Waals surface area contributed by atoms with Crippen molar-refractivity contribution in [1.82, 2.24) is 0 Å². The second-order valence-corrected chi connectivity index (χ2v) is 9.00. The molecule has 0 bridgehead atoms. The van der Waals surface area contributed by atoms with E-state index in [0.29, 0.717) is 17.5 Å². The van der Waals surface area contributed by atoms with E-state index >= 15 is 0 Å². The number of phenols is 3. The molecular weight excluding hydrogens is 416 g/mol. The minimum atomic E-state index is -0.441. The van der Waals surface area contributed by atoms with Crippen molar-refractivity contribution in [2.24, 2.45) is 0 Å². The molecule has 33 heavy (non-hydrogen) atoms. The lowest BCUT2D eigenvalue weighted by molar-refractivity contribution is 0.438. The molecule has 1 aromatic heterocycles. The monoisotopic (exact) mass is 448 g/mol. The highest BCUT2D eigenvalue weighted by Gasteiger charge is 2.23. The molecule has 0 atom stereocenters. The number of benzene rings is 2. The number of hydrogen-bond donors (Lipinski definition) is 3. The number of hydrogen-bond acceptors (Lipinski definition) is 5. The summed E-state index contributed by atoms with van der Waals surface area (Å²) in [5.41, 5.74) is 3.84. The van der Waals surface area contributed by atoms with E-state index < -0.39 is 5.43 Å². The first-order chi connectivity index (χ1) is 15.6. The predicted molar refractivity (Wildman–Crippen MR) is 134 cm³/mol. The first-order valence-corrected chi connectivity index (χ1v) is 11.2. The zero-order chi connectivity index (χ0) is 24.3. The number of aromatic hydroxyl groups is 3. The Kier molecular flexibility index (Phi) is 7.32. The number of fused-ring (bicyclic) bond motifs is 2. The Morgan fingerprint density at radius 3 is 2.18 bits per heavy atom. The maximum absolute atomic E-state index is 13.3. The second-order valence-electron chi connectivity index (χ2n) is 9.00. The van der Waals surface area contributed by atoms with Crippen LogP contribution in [0.25, 0.3) is 21.9 Å². The number of rotatable bonds is 7. The normalized spacial score (nSPS) is 11.7. The summed E-state index contributed by atoms with van der Waals surface area (Å²) in [7, 11) is 0. The van der Waals surface area contributed by atoms with Crippen LogP contribution in [-0.4, -0.2) is 15.3 Å². The molecule has 5 heteroatoms. The van der Waals surface area contributed by atoms with Gasteiger partial charge in [0.1, 0.15) is 22.5 Å². The lowest BCUT2D eigenvalue weighted by Crippen LogP contribution is -2.06. The molecule has 0 spiro atoms. The van der Waals surface area contributed by atoms with Gasteiger partial charge in [-0.2, -0.15) is 0 Å². The Hall–Kier alpha value is -3.47. The maximum atomic E-state index is 13.3. The summed E-state index contributed by atoms with van der Waals surface area (Å²) in [6.45, 7) is 10.0. The number of allylic oxidation sites excluding steroid dienone is 6. The average Bonchev–Trinajstić information content (AvgIpc) is 2.73. The predicted octanol–water partition coefficient (Wildman–Crippen LogP) is 6.81. The third-order valence-electron chi connectivity index (χ3n) is 5.73. The van der Waals surface area contributed by atoms with Gasteiger partial charge in [0.25, 0.3) is 0 Å². The fourth-order valence-electron chi connectivity index (χ4n) is 3.84. The fourth-order valence-corrected chi connectivity index (χ4v) is 3.84. The van der Waals surface area contributed by atoms with E-state index in [-0.39, 0.29) is 45.6 Å². The van der Waals surface area contributed by atoms with E-state index in [9.17, 15) is 20.1 Å². The highest BCUT2D eigenvalue weighted by atomic mass is 16.4. The van der Waals surface area contributed by atoms with E-state index in [1.165, 1.54) is 11.6 Å². The summed E-state index contributed by atoms with van der Waals surface area (Å²) in [6, 6.07) is 4.54. The molecule has 0 aliphatic rings. The quantitative estimate of drug-likeness (QED) is 0.273. The van der Waals surface area contributed by atoms with Gasteiger partial charge in [0.15, 0.2) is 11.3 Å². The van der Waals surface area contributed by atoms with Gasteiger partial charge in [-0.05, 0) is 72.4 Å². The molecule has 3 N–H and O–H groups in total. The third-order valence-corrected chi connectivity index (χ3v) is 5.73. The zero-order valence-electron chi connectivity index (χ0n) is 20.0. The van der Waals surface area contributed by atoms with E-state index in [0.717, 1.165) is 24.0 Å². The van der Waals surface area contributed by atoms with Crippen LogP contribution in [0.4, 0.5) is 0 Å². The highest BCUT2D eigenvalue weighted by Crippen LogP contribution is 2.41. The van der Waals surface area contributed by atoms with Gasteiger partial charge < -0.3 is 19.7 Å². The van der Waals surface area contributed by atoms with Crippen molar-refractivity contribution < 1.29 is 19.7 Å². The van der Waals surface area contributed by atoms with Gasteiger partial charge in [0.05, 0.1) is 5.39 Å². The molecule has 3 aromatic rings. The molecule has 0 saturated carbocycles. The molecule has 5 nitrogen and oxygen atoms in total. The van der Waals surface area contributed by atoms with E-state index in [4.69, 9.17) is 4.42 Å². The van der Waals surface area contributed by atoms with Gasteiger partial charge in [0, 0.05) is 11.1 Å². The SMILES string of the molecule is CC(C)=CCCC(C)=CCc1c(O)c(CC=C(C)C)c2oc3c(O)cccc3c(=O)c2c1O. The lowest BCUT2D eigenvalue weighted by Gasteiger charge is -2.15. The Labute approximate surface area is 194 Å². The van der Waals surface area contributed by atoms with Crippen LogP contribution in [0, 0.1) is 0 Å². The topological polar surface area (TPSA) is 90.9 Å². The van der Waals surface area contributed by atoms with Gasteiger partial charge in [-0.15, -0.1) is 0 Å². The van der Waals surface area contributed by atoms with E-state index in [1.54, 1.807) is 12.1 Å². The lowest BCUT2D eigenvalue weighted by atomic mass is 9.95. The van der Waals surface area contributed by atoms with Crippen LogP contribution in [-0.2, 0) is 12.8 Å². The second kappa shape index (κ2) is 9.99. The average molecular weight is 449 g/mol. The van der Waals surface area contributed by atoms with Crippen molar-refractivity contribution in [3.05, 3.63) is 74.5 Å². The molecule has 1 heterocycles. The summed E-state index contributed by atoms with van der Waals surface area (Å²) >= 11 is 0. The Balaban J connectivity index is 2.23. The largest absolute Gasteiger partial charge is 0.507 e. The van der Waals surface area contributed by atoms with Crippen LogP contribution in [0.3, 0.4) is 0 Å². The minimum absolute atomic E-state index is 0.0219. The Morgan fingerprint density at radius 1 is 0.848 bits per heavy atom. The van der Waals surface area contributed by atoms with Crippen LogP contribution in [0.5, 0.6) is 17.2 Å². The number of para-hydroxylation sites is 1. The molecule has 0 aliphatic carbocycles. The molecule has 0 unspecified atom stereocenters. The molecule has 174 valence electrons. The van der Waals surface area contributed by atoms with Crippen LogP contribution in [0.1, 0.15) is 58.6 Å². The van der Waals surface area contributed by atoms with Crippen LogP contribution < -0.4 is 5.43 Å². The minimum Gasteiger partial charge on any atom is -0.507 e. The molecule has 3 rings (SSSR count). The van der Waals surface area contributed by atoms with Crippen LogP contribution >= 0.6 is 0 Å². The van der Waals surface area contributed by atoms with Crippen molar-refractivity contribution >= 4 is 21.9 Å². The molecular formula is C28H32O5. The van der Waals surface area contributed by atoms with Gasteiger partial charge >= 0.3 is 0 Å². The van der Waals surface area contributed by atoms with E-state index in [2.05, 4.69) is 19.9 Å². The summed E-state index contributed by atoms with van der Waals surface area (Å²) in [4.78, 5) is 13.3. The summed E-state index contributed by atoms with van der Waals surface area (Å²) in [6.07, 6.45) is 8.47. The molecule has 0 radical (unpaired) electrons. The van der Waals surface area contributed by atoms with Crippen LogP contribution in [0.2, 0.25) is 0 Å². The van der Waals surface area contributed by atoms with Gasteiger partial charge in [-0.3, -0.25) is 4.79 Å². The zero-order valence-corrected chi connectivity index (χ0v) is 20.0. The Morgan fingerprint density at radius 2 is 1.52 bits per heavy atom. The van der Waals surface area contributed by atoms with Crippen molar-refractivity contribution in [2.45, 2.75) is 60.3 Å². The molecule has 0 aliphatic heterocycles. The van der Waals surface area contributed by atoms with Crippen molar-refractivity contribution in [3.8, 4) is 17.2 Å². The first-order valence-electron chi connectivity index (χ1n) is 11.2. The molecule has 0 saturated heterocycles. The van der Waals surface area contributed by atoms with Crippen molar-refractivity contribution in [1.29, 1.82) is 0 Å². The van der Waals surface area contributed by atoms with Gasteiger partial charge in [-0.1, -0.05) is 41.0 Å². The number of phenolic OH excluding ortho intramolecular Hbond substituents is 3. The smallest absolute Gasteiger partial charge is 0.204 e. The van der Waals surface area contributed by atoms with Crippen LogP contribution in [0.15, 0.2) is 62.4 Å².